The average Bonchev–Trinajstić information content (AvgIpc) is 2.81. The number of hydrogen-bond acceptors (Lipinski definition) is 3. The van der Waals surface area contributed by atoms with Gasteiger partial charge in [0.25, 0.3) is 0 Å². The summed E-state index contributed by atoms with van der Waals surface area (Å²) >= 11 is 1.57. The van der Waals surface area contributed by atoms with Gasteiger partial charge in [-0.2, -0.15) is 13.2 Å². The second-order valence-corrected chi connectivity index (χ2v) is 4.89. The second-order valence-electron chi connectivity index (χ2n) is 3.86. The standard InChI is InChI=1S/C12H11F3N2S/c13-12(14,15)8-3-4-11(17-7-8)10(16)6-9-2-1-5-18-9/h1-5,7,10H,6,16H2. The third-order valence-electron chi connectivity index (χ3n) is 2.49. The Bertz CT molecular complexity index is 491. The number of alkyl halides is 3. The van der Waals surface area contributed by atoms with E-state index in [9.17, 15) is 13.2 Å². The molecule has 2 nitrogen and oxygen atoms in total. The van der Waals surface area contributed by atoms with E-state index in [0.717, 1.165) is 17.1 Å². The van der Waals surface area contributed by atoms with Crippen LogP contribution in [-0.4, -0.2) is 4.98 Å². The highest BCUT2D eigenvalue weighted by molar-refractivity contribution is 7.09. The van der Waals surface area contributed by atoms with Crippen LogP contribution in [0.25, 0.3) is 0 Å². The summed E-state index contributed by atoms with van der Waals surface area (Å²) in [6.07, 6.45) is -2.96. The van der Waals surface area contributed by atoms with Gasteiger partial charge in [-0.05, 0) is 23.6 Å². The molecule has 0 aliphatic rings. The van der Waals surface area contributed by atoms with Crippen molar-refractivity contribution in [1.29, 1.82) is 0 Å². The quantitative estimate of drug-likeness (QED) is 0.930. The number of rotatable bonds is 3. The second kappa shape index (κ2) is 5.07. The molecule has 2 N–H and O–H groups in total. The van der Waals surface area contributed by atoms with Gasteiger partial charge in [0.05, 0.1) is 17.3 Å². The third-order valence-corrected chi connectivity index (χ3v) is 3.39. The van der Waals surface area contributed by atoms with Crippen LogP contribution in [0.5, 0.6) is 0 Å². The van der Waals surface area contributed by atoms with E-state index in [1.54, 1.807) is 11.3 Å². The van der Waals surface area contributed by atoms with Crippen LogP contribution in [0.2, 0.25) is 0 Å². The number of pyridine rings is 1. The Labute approximate surface area is 106 Å². The van der Waals surface area contributed by atoms with Crippen LogP contribution in [0.4, 0.5) is 13.2 Å². The monoisotopic (exact) mass is 272 g/mol. The van der Waals surface area contributed by atoms with E-state index in [4.69, 9.17) is 5.73 Å². The van der Waals surface area contributed by atoms with Gasteiger partial charge in [0.15, 0.2) is 0 Å². The third kappa shape index (κ3) is 3.08. The highest BCUT2D eigenvalue weighted by Crippen LogP contribution is 2.29. The highest BCUT2D eigenvalue weighted by Gasteiger charge is 2.30. The topological polar surface area (TPSA) is 38.9 Å². The Hall–Kier alpha value is -1.40. The molecule has 0 aromatic carbocycles. The van der Waals surface area contributed by atoms with Gasteiger partial charge in [-0.15, -0.1) is 11.3 Å². The molecule has 0 bridgehead atoms. The number of nitrogens with zero attached hydrogens (tertiary/aromatic N) is 1. The Morgan fingerprint density at radius 3 is 2.56 bits per heavy atom. The lowest BCUT2D eigenvalue weighted by Crippen LogP contribution is -2.15. The van der Waals surface area contributed by atoms with E-state index < -0.39 is 11.7 Å². The van der Waals surface area contributed by atoms with Crippen molar-refractivity contribution >= 4 is 11.3 Å². The SMILES string of the molecule is NC(Cc1cccs1)c1ccc(C(F)(F)F)cn1. The molecule has 2 rings (SSSR count). The molecule has 2 aromatic rings. The predicted octanol–water partition coefficient (Wildman–Crippen LogP) is 3.40. The van der Waals surface area contributed by atoms with E-state index in [0.29, 0.717) is 12.1 Å². The minimum atomic E-state index is -4.36. The first kappa shape index (κ1) is 13.0. The first-order valence-corrected chi connectivity index (χ1v) is 6.16. The molecule has 1 unspecified atom stereocenters. The Morgan fingerprint density at radius 1 is 1.28 bits per heavy atom. The molecule has 0 saturated heterocycles. The number of thiophene rings is 1. The molecule has 0 radical (unpaired) electrons. The molecule has 2 aromatic heterocycles. The minimum Gasteiger partial charge on any atom is -0.322 e. The first-order valence-electron chi connectivity index (χ1n) is 5.28. The number of aromatic nitrogens is 1. The number of nitrogens with two attached hydrogens (primary N) is 1. The maximum Gasteiger partial charge on any atom is 0.417 e. The van der Waals surface area contributed by atoms with Crippen LogP contribution >= 0.6 is 11.3 Å². The molecule has 18 heavy (non-hydrogen) atoms. The molecule has 0 aliphatic carbocycles. The lowest BCUT2D eigenvalue weighted by Gasteiger charge is -2.11. The highest BCUT2D eigenvalue weighted by atomic mass is 32.1. The molecular weight excluding hydrogens is 261 g/mol. The molecule has 0 amide bonds. The van der Waals surface area contributed by atoms with Crippen molar-refractivity contribution in [2.24, 2.45) is 5.73 Å². The van der Waals surface area contributed by atoms with Crippen LogP contribution < -0.4 is 5.73 Å². The summed E-state index contributed by atoms with van der Waals surface area (Å²) in [5.74, 6) is 0. The molecule has 2 heterocycles. The van der Waals surface area contributed by atoms with Gasteiger partial charge < -0.3 is 5.73 Å². The van der Waals surface area contributed by atoms with Crippen molar-refractivity contribution in [2.45, 2.75) is 18.6 Å². The smallest absolute Gasteiger partial charge is 0.322 e. The van der Waals surface area contributed by atoms with Crippen LogP contribution in [-0.2, 0) is 12.6 Å². The summed E-state index contributed by atoms with van der Waals surface area (Å²) in [4.78, 5) is 4.87. The van der Waals surface area contributed by atoms with Crippen molar-refractivity contribution in [3.63, 3.8) is 0 Å². The molecule has 0 saturated carbocycles. The fourth-order valence-corrected chi connectivity index (χ4v) is 2.31. The van der Waals surface area contributed by atoms with Gasteiger partial charge in [-0.3, -0.25) is 4.98 Å². The van der Waals surface area contributed by atoms with Crippen LogP contribution in [0.3, 0.4) is 0 Å². The predicted molar refractivity (Wildman–Crippen MR) is 64.2 cm³/mol. The van der Waals surface area contributed by atoms with E-state index in [1.165, 1.54) is 6.07 Å². The van der Waals surface area contributed by atoms with Crippen molar-refractivity contribution < 1.29 is 13.2 Å². The summed E-state index contributed by atoms with van der Waals surface area (Å²) in [5, 5.41) is 1.93. The maximum absolute atomic E-state index is 12.4. The minimum absolute atomic E-state index is 0.383. The number of hydrogen-bond donors (Lipinski definition) is 1. The van der Waals surface area contributed by atoms with Crippen molar-refractivity contribution in [3.8, 4) is 0 Å². The first-order chi connectivity index (χ1) is 8.47. The van der Waals surface area contributed by atoms with Gasteiger partial charge in [-0.1, -0.05) is 6.07 Å². The Balaban J connectivity index is 2.10. The summed E-state index contributed by atoms with van der Waals surface area (Å²) in [6.45, 7) is 0. The zero-order valence-corrected chi connectivity index (χ0v) is 10.1. The zero-order valence-electron chi connectivity index (χ0n) is 9.32. The molecule has 0 spiro atoms. The number of halogens is 3. The fourth-order valence-electron chi connectivity index (χ4n) is 1.54. The van der Waals surface area contributed by atoms with Gasteiger partial charge in [0.2, 0.25) is 0 Å². The van der Waals surface area contributed by atoms with E-state index in [1.807, 2.05) is 17.5 Å². The average molecular weight is 272 g/mol. The van der Waals surface area contributed by atoms with Crippen molar-refractivity contribution in [3.05, 3.63) is 52.0 Å². The van der Waals surface area contributed by atoms with Crippen LogP contribution in [0.1, 0.15) is 22.2 Å². The van der Waals surface area contributed by atoms with Gasteiger partial charge in [-0.25, -0.2) is 0 Å². The summed E-state index contributed by atoms with van der Waals surface area (Å²) < 4.78 is 37.1. The van der Waals surface area contributed by atoms with Crippen molar-refractivity contribution in [2.75, 3.05) is 0 Å². The zero-order chi connectivity index (χ0) is 13.2. The summed E-state index contributed by atoms with van der Waals surface area (Å²) in [5.41, 5.74) is 5.62. The lowest BCUT2D eigenvalue weighted by molar-refractivity contribution is -0.137. The molecule has 0 aliphatic heterocycles. The Morgan fingerprint density at radius 2 is 2.06 bits per heavy atom. The summed E-state index contributed by atoms with van der Waals surface area (Å²) in [6, 6.07) is 5.81. The molecule has 96 valence electrons. The van der Waals surface area contributed by atoms with Gasteiger partial charge in [0.1, 0.15) is 0 Å². The summed E-state index contributed by atoms with van der Waals surface area (Å²) in [7, 11) is 0. The van der Waals surface area contributed by atoms with E-state index >= 15 is 0 Å². The van der Waals surface area contributed by atoms with E-state index in [-0.39, 0.29) is 6.04 Å². The molecule has 0 fully saturated rings. The maximum atomic E-state index is 12.4. The largest absolute Gasteiger partial charge is 0.417 e. The van der Waals surface area contributed by atoms with Crippen LogP contribution in [0.15, 0.2) is 35.8 Å². The fraction of sp³-hybridized carbons (Fsp3) is 0.250. The van der Waals surface area contributed by atoms with Crippen LogP contribution in [0, 0.1) is 0 Å². The molecular formula is C12H11F3N2S. The Kier molecular flexibility index (Phi) is 3.68. The molecule has 6 heteroatoms. The molecule has 1 atom stereocenters. The van der Waals surface area contributed by atoms with Gasteiger partial charge >= 0.3 is 6.18 Å². The van der Waals surface area contributed by atoms with Gasteiger partial charge in [0, 0.05) is 17.5 Å². The van der Waals surface area contributed by atoms with Crippen molar-refractivity contribution in [1.82, 2.24) is 4.98 Å². The lowest BCUT2D eigenvalue weighted by atomic mass is 10.1. The van der Waals surface area contributed by atoms with E-state index in [2.05, 4.69) is 4.98 Å². The normalized spacial score (nSPS) is 13.6.